The first-order valence-electron chi connectivity index (χ1n) is 18.7. The Morgan fingerprint density at radius 2 is 1.91 bits per heavy atom. The lowest BCUT2D eigenvalue weighted by Crippen LogP contribution is -2.58. The van der Waals surface area contributed by atoms with E-state index in [1.807, 2.05) is 48.4 Å². The number of esters is 1. The lowest BCUT2D eigenvalue weighted by atomic mass is 9.92. The highest BCUT2D eigenvalue weighted by atomic mass is 32.1. The van der Waals surface area contributed by atoms with E-state index in [-0.39, 0.29) is 48.4 Å². The van der Waals surface area contributed by atoms with Crippen LogP contribution in [0.4, 0.5) is 0 Å². The normalized spacial score (nSPS) is 23.7. The Morgan fingerprint density at radius 3 is 2.64 bits per heavy atom. The van der Waals surface area contributed by atoms with Gasteiger partial charge in [-0.05, 0) is 92.6 Å². The molecule has 0 spiro atoms. The van der Waals surface area contributed by atoms with Crippen LogP contribution in [0, 0.1) is 0 Å². The molecular formula is C38H47N6O7PS. The Balaban J connectivity index is 1.02. The Bertz CT molecular complexity index is 1930. The SMILES string of the molecule is CCCOC(=O)[C@H](C)NP(=O)(Cc1ccc2sc(C(=O)NC3CCC[C@H]4CC[C@@H](C(=O)N5CC(c6cccnc6)C5)N4C3=O)cc2c1)N1CCCC1=O. The van der Waals surface area contributed by atoms with Gasteiger partial charge in [0.05, 0.1) is 17.6 Å². The maximum absolute atomic E-state index is 14.5. The molecule has 13 nitrogen and oxygen atoms in total. The second-order valence-electron chi connectivity index (χ2n) is 14.7. The van der Waals surface area contributed by atoms with Gasteiger partial charge in [-0.2, -0.15) is 0 Å². The molecule has 4 aliphatic heterocycles. The third-order valence-electron chi connectivity index (χ3n) is 10.9. The molecule has 0 radical (unpaired) electrons. The van der Waals surface area contributed by atoms with E-state index in [0.29, 0.717) is 62.2 Å². The van der Waals surface area contributed by atoms with Crippen molar-refractivity contribution in [2.45, 2.75) is 101 Å². The monoisotopic (exact) mass is 762 g/mol. The van der Waals surface area contributed by atoms with E-state index >= 15 is 0 Å². The molecule has 4 aliphatic rings. The Morgan fingerprint density at radius 1 is 1.08 bits per heavy atom. The smallest absolute Gasteiger partial charge is 0.323 e. The first kappa shape index (κ1) is 37.2. The third kappa shape index (κ3) is 7.77. The van der Waals surface area contributed by atoms with Gasteiger partial charge >= 0.3 is 5.97 Å². The summed E-state index contributed by atoms with van der Waals surface area (Å²) in [4.78, 5) is 74.9. The van der Waals surface area contributed by atoms with Gasteiger partial charge < -0.3 is 19.9 Å². The average molecular weight is 763 g/mol. The largest absolute Gasteiger partial charge is 0.465 e. The Hall–Kier alpha value is -4.13. The van der Waals surface area contributed by atoms with Crippen molar-refractivity contribution in [3.05, 3.63) is 64.8 Å². The number of hydrogen-bond donors (Lipinski definition) is 2. The van der Waals surface area contributed by atoms with Gasteiger partial charge in [-0.25, -0.2) is 5.09 Å². The molecule has 2 N–H and O–H groups in total. The van der Waals surface area contributed by atoms with Crippen molar-refractivity contribution in [2.75, 3.05) is 26.2 Å². The van der Waals surface area contributed by atoms with Crippen molar-refractivity contribution < 1.29 is 33.3 Å². The summed E-state index contributed by atoms with van der Waals surface area (Å²) in [6, 6.07) is 9.09. The fourth-order valence-corrected chi connectivity index (χ4v) is 11.7. The molecule has 7 rings (SSSR count). The molecule has 3 aromatic rings. The van der Waals surface area contributed by atoms with Gasteiger partial charge in [-0.3, -0.25) is 38.2 Å². The highest BCUT2D eigenvalue weighted by Crippen LogP contribution is 2.52. The van der Waals surface area contributed by atoms with Gasteiger partial charge in [0.25, 0.3) is 5.91 Å². The van der Waals surface area contributed by atoms with Crippen molar-refractivity contribution in [1.82, 2.24) is 29.9 Å². The summed E-state index contributed by atoms with van der Waals surface area (Å²) in [5.41, 5.74) is 1.80. The van der Waals surface area contributed by atoms with Gasteiger partial charge in [0.15, 0.2) is 0 Å². The zero-order chi connectivity index (χ0) is 37.3. The molecule has 0 saturated carbocycles. The van der Waals surface area contributed by atoms with E-state index < -0.39 is 31.5 Å². The summed E-state index contributed by atoms with van der Waals surface area (Å²) in [5.74, 6) is -1.07. The molecule has 2 aromatic heterocycles. The van der Waals surface area contributed by atoms with Crippen molar-refractivity contribution >= 4 is 58.5 Å². The van der Waals surface area contributed by atoms with Crippen LogP contribution in [0.2, 0.25) is 0 Å². The number of hydrogen-bond acceptors (Lipinski definition) is 9. The van der Waals surface area contributed by atoms with Crippen LogP contribution >= 0.6 is 18.8 Å². The molecule has 2 unspecified atom stereocenters. The predicted octanol–water partition coefficient (Wildman–Crippen LogP) is 4.81. The number of benzene rings is 1. The minimum Gasteiger partial charge on any atom is -0.465 e. The maximum Gasteiger partial charge on any atom is 0.323 e. The van der Waals surface area contributed by atoms with Crippen LogP contribution in [0.3, 0.4) is 0 Å². The summed E-state index contributed by atoms with van der Waals surface area (Å²) in [6.45, 7) is 5.29. The molecule has 0 bridgehead atoms. The predicted molar refractivity (Wildman–Crippen MR) is 200 cm³/mol. The number of amides is 4. The molecule has 15 heteroatoms. The molecule has 282 valence electrons. The van der Waals surface area contributed by atoms with Gasteiger partial charge in [-0.15, -0.1) is 11.3 Å². The highest BCUT2D eigenvalue weighted by molar-refractivity contribution is 7.59. The number of rotatable bonds is 12. The van der Waals surface area contributed by atoms with E-state index in [9.17, 15) is 28.5 Å². The number of nitrogens with one attached hydrogen (secondary N) is 2. The van der Waals surface area contributed by atoms with E-state index in [4.69, 9.17) is 4.74 Å². The van der Waals surface area contributed by atoms with Crippen LogP contribution in [0.1, 0.15) is 91.9 Å². The fraction of sp³-hybridized carbons (Fsp3) is 0.526. The molecule has 53 heavy (non-hydrogen) atoms. The number of likely N-dealkylation sites (tertiary alicyclic amines) is 1. The highest BCUT2D eigenvalue weighted by Gasteiger charge is 2.47. The Labute approximate surface area is 313 Å². The topological polar surface area (TPSA) is 158 Å². The zero-order valence-corrected chi connectivity index (χ0v) is 31.9. The van der Waals surface area contributed by atoms with E-state index in [2.05, 4.69) is 15.4 Å². The third-order valence-corrected chi connectivity index (χ3v) is 14.8. The summed E-state index contributed by atoms with van der Waals surface area (Å²) >= 11 is 1.30. The Kier molecular flexibility index (Phi) is 11.0. The lowest BCUT2D eigenvalue weighted by molar-refractivity contribution is -0.148. The van der Waals surface area contributed by atoms with Crippen molar-refractivity contribution in [2.24, 2.45) is 0 Å². The molecule has 4 amide bonds. The van der Waals surface area contributed by atoms with Crippen LogP contribution in [-0.2, 0) is 34.6 Å². The van der Waals surface area contributed by atoms with Crippen LogP contribution in [0.25, 0.3) is 10.1 Å². The summed E-state index contributed by atoms with van der Waals surface area (Å²) in [5, 5.41) is 6.72. The van der Waals surface area contributed by atoms with Crippen LogP contribution in [-0.4, -0.2) is 99.5 Å². The number of thiophene rings is 1. The summed E-state index contributed by atoms with van der Waals surface area (Å²) < 4.78 is 21.9. The number of nitrogens with zero attached hydrogens (tertiary/aromatic N) is 4. The first-order valence-corrected chi connectivity index (χ1v) is 21.4. The molecule has 5 atom stereocenters. The second kappa shape index (κ2) is 15.7. The van der Waals surface area contributed by atoms with E-state index in [1.54, 1.807) is 24.1 Å². The van der Waals surface area contributed by atoms with Gasteiger partial charge in [0.1, 0.15) is 18.1 Å². The molecule has 1 aromatic carbocycles. The second-order valence-corrected chi connectivity index (χ2v) is 18.2. The quantitative estimate of drug-likeness (QED) is 0.195. The first-order chi connectivity index (χ1) is 25.5. The summed E-state index contributed by atoms with van der Waals surface area (Å²) in [6.07, 6.45) is 8.59. The minimum atomic E-state index is -3.57. The molecular weight excluding hydrogens is 715 g/mol. The number of aromatic nitrogens is 1. The summed E-state index contributed by atoms with van der Waals surface area (Å²) in [7, 11) is -3.57. The lowest BCUT2D eigenvalue weighted by Gasteiger charge is -2.42. The average Bonchev–Trinajstić information content (AvgIpc) is 3.86. The van der Waals surface area contributed by atoms with Crippen molar-refractivity contribution in [1.29, 1.82) is 0 Å². The van der Waals surface area contributed by atoms with Crippen molar-refractivity contribution in [3.8, 4) is 0 Å². The number of pyridine rings is 1. The standard InChI is InChI=1S/C38H47N6O7PS/c1-3-17-51-38(49)24(2)41-52(50,43-16-6-10-34(43)45)23-25-11-14-32-27(18-25)19-33(53-32)35(46)40-30-9-4-8-29-12-13-31(44(29)36(30)47)37(48)42-21-28(22-42)26-7-5-15-39-20-26/h5,7,11,14-15,18-20,24,28-31H,3-4,6,8-10,12-13,16-17,21-23H2,1-2H3,(H,40,46)(H,41,50)/t24-,29-,30?,31-,52?/m0/s1. The van der Waals surface area contributed by atoms with Gasteiger partial charge in [-0.1, -0.05) is 19.1 Å². The van der Waals surface area contributed by atoms with Crippen molar-refractivity contribution in [3.63, 3.8) is 0 Å². The molecule has 4 saturated heterocycles. The molecule has 6 heterocycles. The van der Waals surface area contributed by atoms with E-state index in [0.717, 1.165) is 34.9 Å². The van der Waals surface area contributed by atoms with Gasteiger partial charge in [0.2, 0.25) is 25.2 Å². The number of ether oxygens (including phenoxy) is 1. The molecule has 4 fully saturated rings. The maximum atomic E-state index is 14.5. The zero-order valence-electron chi connectivity index (χ0n) is 30.2. The number of fused-ring (bicyclic) bond motifs is 2. The number of carbonyl (C=O) groups is 5. The molecule has 0 aliphatic carbocycles. The fourth-order valence-electron chi connectivity index (χ4n) is 8.07. The van der Waals surface area contributed by atoms with E-state index in [1.165, 1.54) is 16.0 Å². The minimum absolute atomic E-state index is 0.00641. The van der Waals surface area contributed by atoms with Crippen LogP contribution in [0.15, 0.2) is 48.8 Å². The van der Waals surface area contributed by atoms with Gasteiger partial charge in [0, 0.05) is 55.1 Å². The van der Waals surface area contributed by atoms with Crippen LogP contribution in [0.5, 0.6) is 0 Å². The number of carbonyl (C=O) groups excluding carboxylic acids is 5. The van der Waals surface area contributed by atoms with Crippen LogP contribution < -0.4 is 10.4 Å².